The van der Waals surface area contributed by atoms with Gasteiger partial charge in [-0.15, -0.1) is 11.3 Å². The number of hydrogen-bond acceptors (Lipinski definition) is 6. The summed E-state index contributed by atoms with van der Waals surface area (Å²) in [4.78, 5) is 31.0. The van der Waals surface area contributed by atoms with Crippen LogP contribution in [0, 0.1) is 11.6 Å². The van der Waals surface area contributed by atoms with Crippen LogP contribution < -0.4 is 31.1 Å². The SMILES string of the molecule is CNC(=O)Nc1ccc(-c2sc3c(c2CNCCOC)C(=C(C)C)N(c2ccc(C(NC)=C4CCCC4)cc2)C(=O)N3Cc2c(F)cccc2F)cc1. The summed E-state index contributed by atoms with van der Waals surface area (Å²) >= 11 is 1.40. The van der Waals surface area contributed by atoms with E-state index in [-0.39, 0.29) is 18.1 Å². The number of carbonyl (C=O) groups excluding carboxylic acids is 2. The maximum Gasteiger partial charge on any atom is 0.334 e. The Balaban J connectivity index is 1.53. The number of anilines is 3. The minimum absolute atomic E-state index is 0.191. The van der Waals surface area contributed by atoms with Crippen LogP contribution in [0.5, 0.6) is 0 Å². The summed E-state index contributed by atoms with van der Waals surface area (Å²) in [6, 6.07) is 18.4. The van der Waals surface area contributed by atoms with Crippen LogP contribution in [0.15, 0.2) is 77.9 Å². The lowest BCUT2D eigenvalue weighted by Gasteiger charge is -2.38. The molecule has 1 aromatic heterocycles. The van der Waals surface area contributed by atoms with E-state index in [0.717, 1.165) is 56.9 Å². The fourth-order valence-corrected chi connectivity index (χ4v) is 8.36. The maximum atomic E-state index is 15.3. The highest BCUT2D eigenvalue weighted by Crippen LogP contribution is 2.51. The van der Waals surface area contributed by atoms with Crippen LogP contribution in [0.1, 0.15) is 61.8 Å². The van der Waals surface area contributed by atoms with Crippen LogP contribution in [0.4, 0.5) is 34.7 Å². The number of thiophene rings is 1. The van der Waals surface area contributed by atoms with E-state index in [1.54, 1.807) is 19.1 Å². The van der Waals surface area contributed by atoms with E-state index in [0.29, 0.717) is 36.1 Å². The number of amides is 4. The van der Waals surface area contributed by atoms with Gasteiger partial charge in [-0.1, -0.05) is 35.9 Å². The van der Waals surface area contributed by atoms with Gasteiger partial charge < -0.3 is 26.0 Å². The Morgan fingerprint density at radius 1 is 0.906 bits per heavy atom. The third kappa shape index (κ3) is 7.85. The standard InChI is InChI=1S/C41H46F2N6O3S/c1-25(2)37-35-31(23-46-21-22-52-5)38(28-13-17-29(18-14-28)47-40(50)45-4)53-39(35)48(24-32-33(42)11-8-12-34(32)43)41(51)49(37)30-19-15-27(16-20-30)36(44-3)26-9-6-7-10-26/h8,11-20,44,46H,6-7,9-10,21-24H2,1-5H3,(H2,45,47,50). The van der Waals surface area contributed by atoms with Crippen molar-refractivity contribution in [1.82, 2.24) is 16.0 Å². The first kappa shape index (κ1) is 37.7. The summed E-state index contributed by atoms with van der Waals surface area (Å²) in [6.45, 7) is 5.15. The summed E-state index contributed by atoms with van der Waals surface area (Å²) < 4.78 is 35.9. The normalized spacial score (nSPS) is 14.1. The number of halogens is 2. The van der Waals surface area contributed by atoms with Crippen LogP contribution in [-0.2, 0) is 17.8 Å². The molecule has 0 atom stereocenters. The Labute approximate surface area is 313 Å². The van der Waals surface area contributed by atoms with Crippen molar-refractivity contribution in [2.24, 2.45) is 0 Å². The van der Waals surface area contributed by atoms with Gasteiger partial charge in [-0.2, -0.15) is 0 Å². The maximum absolute atomic E-state index is 15.3. The second-order valence-electron chi connectivity index (χ2n) is 13.3. The lowest BCUT2D eigenvalue weighted by molar-refractivity contribution is 0.199. The van der Waals surface area contributed by atoms with Crippen molar-refractivity contribution in [3.05, 3.63) is 112 Å². The van der Waals surface area contributed by atoms with E-state index >= 15 is 8.78 Å². The molecule has 12 heteroatoms. The van der Waals surface area contributed by atoms with Gasteiger partial charge in [-0.05, 0) is 98.2 Å². The molecule has 1 saturated carbocycles. The average molecular weight is 741 g/mol. The van der Waals surface area contributed by atoms with Crippen LogP contribution in [0.25, 0.3) is 21.8 Å². The predicted molar refractivity (Wildman–Crippen MR) is 211 cm³/mol. The Morgan fingerprint density at radius 2 is 1.58 bits per heavy atom. The fraction of sp³-hybridized carbons (Fsp3) is 0.317. The number of nitrogens with one attached hydrogen (secondary N) is 4. The molecule has 6 rings (SSSR count). The largest absolute Gasteiger partial charge is 0.388 e. The molecular formula is C41H46F2N6O3S. The van der Waals surface area contributed by atoms with E-state index in [1.165, 1.54) is 52.9 Å². The number of ether oxygens (including phenoxy) is 1. The van der Waals surface area contributed by atoms with Crippen molar-refractivity contribution in [3.63, 3.8) is 0 Å². The van der Waals surface area contributed by atoms with Gasteiger partial charge in [0, 0.05) is 61.7 Å². The minimum atomic E-state index is -0.722. The zero-order valence-electron chi connectivity index (χ0n) is 30.8. The summed E-state index contributed by atoms with van der Waals surface area (Å²) in [5.74, 6) is -1.44. The van der Waals surface area contributed by atoms with Crippen molar-refractivity contribution >= 4 is 51.2 Å². The van der Waals surface area contributed by atoms with Gasteiger partial charge in [-0.25, -0.2) is 18.4 Å². The zero-order valence-corrected chi connectivity index (χ0v) is 31.6. The molecule has 1 aliphatic carbocycles. The van der Waals surface area contributed by atoms with Crippen molar-refractivity contribution in [2.45, 2.75) is 52.6 Å². The number of rotatable bonds is 12. The summed E-state index contributed by atoms with van der Waals surface area (Å²) in [6.07, 6.45) is 4.47. The number of methoxy groups -OCH3 is 1. The topological polar surface area (TPSA) is 98.0 Å². The highest BCUT2D eigenvalue weighted by molar-refractivity contribution is 7.20. The van der Waals surface area contributed by atoms with Gasteiger partial charge in [0.1, 0.15) is 16.6 Å². The monoisotopic (exact) mass is 740 g/mol. The first-order valence-electron chi connectivity index (χ1n) is 17.8. The van der Waals surface area contributed by atoms with Crippen molar-refractivity contribution in [2.75, 3.05) is 49.5 Å². The number of nitrogens with zero attached hydrogens (tertiary/aromatic N) is 2. The fourth-order valence-electron chi connectivity index (χ4n) is 7.04. The Morgan fingerprint density at radius 3 is 2.19 bits per heavy atom. The molecule has 2 heterocycles. The molecule has 4 aromatic rings. The van der Waals surface area contributed by atoms with E-state index in [1.807, 2.05) is 69.4 Å². The van der Waals surface area contributed by atoms with E-state index in [2.05, 4.69) is 21.3 Å². The van der Waals surface area contributed by atoms with Gasteiger partial charge in [0.2, 0.25) is 0 Å². The number of allylic oxidation sites excluding steroid dienone is 2. The highest BCUT2D eigenvalue weighted by Gasteiger charge is 2.41. The summed E-state index contributed by atoms with van der Waals surface area (Å²) in [7, 11) is 5.14. The zero-order chi connectivity index (χ0) is 37.6. The van der Waals surface area contributed by atoms with Gasteiger partial charge in [0.15, 0.2) is 0 Å². The van der Waals surface area contributed by atoms with E-state index < -0.39 is 17.7 Å². The molecule has 4 amide bonds. The molecule has 1 fully saturated rings. The second kappa shape index (κ2) is 16.7. The Hall–Kier alpha value is -5.04. The molecule has 0 unspecified atom stereocenters. The molecule has 4 N–H and O–H groups in total. The molecule has 2 aliphatic rings. The van der Waals surface area contributed by atoms with Gasteiger partial charge in [0.25, 0.3) is 0 Å². The van der Waals surface area contributed by atoms with E-state index in [9.17, 15) is 9.59 Å². The van der Waals surface area contributed by atoms with Crippen LogP contribution in [-0.4, -0.2) is 46.4 Å². The van der Waals surface area contributed by atoms with Crippen LogP contribution >= 0.6 is 11.3 Å². The van der Waals surface area contributed by atoms with Gasteiger partial charge >= 0.3 is 12.1 Å². The minimum Gasteiger partial charge on any atom is -0.388 e. The molecule has 0 radical (unpaired) electrons. The Bertz CT molecular complexity index is 2010. The average Bonchev–Trinajstić information content (AvgIpc) is 3.82. The molecule has 278 valence electrons. The molecule has 0 spiro atoms. The number of fused-ring (bicyclic) bond motifs is 1. The molecule has 3 aromatic carbocycles. The first-order chi connectivity index (χ1) is 25.7. The third-order valence-corrected chi connectivity index (χ3v) is 10.9. The molecule has 0 bridgehead atoms. The van der Waals surface area contributed by atoms with Crippen molar-refractivity contribution in [1.29, 1.82) is 0 Å². The quantitative estimate of drug-likeness (QED) is 0.109. The van der Waals surface area contributed by atoms with Gasteiger partial charge in [-0.3, -0.25) is 9.80 Å². The number of carbonyl (C=O) groups is 2. The lowest BCUT2D eigenvalue weighted by Crippen LogP contribution is -2.46. The first-order valence-corrected chi connectivity index (χ1v) is 18.7. The second-order valence-corrected chi connectivity index (χ2v) is 14.3. The number of benzene rings is 3. The summed E-state index contributed by atoms with van der Waals surface area (Å²) in [5.41, 5.74) is 8.84. The Kier molecular flexibility index (Phi) is 11.9. The van der Waals surface area contributed by atoms with E-state index in [4.69, 9.17) is 4.74 Å². The summed E-state index contributed by atoms with van der Waals surface area (Å²) in [5, 5.41) is 12.8. The van der Waals surface area contributed by atoms with Crippen LogP contribution in [0.3, 0.4) is 0 Å². The van der Waals surface area contributed by atoms with Crippen LogP contribution in [0.2, 0.25) is 0 Å². The molecular weight excluding hydrogens is 695 g/mol. The predicted octanol–water partition coefficient (Wildman–Crippen LogP) is 9.08. The number of hydrogen-bond donors (Lipinski definition) is 4. The molecule has 53 heavy (non-hydrogen) atoms. The number of urea groups is 2. The molecule has 1 aliphatic heterocycles. The smallest absolute Gasteiger partial charge is 0.334 e. The van der Waals surface area contributed by atoms with Crippen molar-refractivity contribution < 1.29 is 23.1 Å². The molecule has 9 nitrogen and oxygen atoms in total. The van der Waals surface area contributed by atoms with Crippen molar-refractivity contribution in [3.8, 4) is 10.4 Å². The highest BCUT2D eigenvalue weighted by atomic mass is 32.1. The molecule has 0 saturated heterocycles. The lowest BCUT2D eigenvalue weighted by atomic mass is 9.97. The third-order valence-electron chi connectivity index (χ3n) is 9.61. The van der Waals surface area contributed by atoms with Gasteiger partial charge in [0.05, 0.1) is 24.5 Å².